The van der Waals surface area contributed by atoms with Crippen molar-refractivity contribution in [2.45, 2.75) is 20.8 Å². The maximum atomic E-state index is 12.2. The zero-order valence-corrected chi connectivity index (χ0v) is 10.9. The van der Waals surface area contributed by atoms with Gasteiger partial charge in [-0.05, 0) is 24.3 Å². The van der Waals surface area contributed by atoms with Crippen LogP contribution in [0.15, 0.2) is 24.3 Å². The monoisotopic (exact) mass is 231 g/mol. The maximum Gasteiger partial charge on any atom is 0.177 e. The molecule has 2 nitrogen and oxygen atoms in total. The fraction of sp³-hybridized carbons (Fsp3) is 0.533. The molecule has 92 valence electrons. The van der Waals surface area contributed by atoms with Gasteiger partial charge in [0.05, 0.1) is 6.54 Å². The molecule has 0 aromatic heterocycles. The summed E-state index contributed by atoms with van der Waals surface area (Å²) >= 11 is 0. The van der Waals surface area contributed by atoms with Crippen LogP contribution in [0, 0.1) is 18.8 Å². The number of aryl methyl sites for hydroxylation is 1. The lowest BCUT2D eigenvalue weighted by Crippen LogP contribution is -2.28. The van der Waals surface area contributed by atoms with Gasteiger partial charge in [0, 0.05) is 18.7 Å². The Kier molecular flexibility index (Phi) is 3.63. The summed E-state index contributed by atoms with van der Waals surface area (Å²) in [5, 5.41) is 0. The number of Topliss-reactive ketones (excluding diaryl/α,β-unsaturated/α-hetero) is 1. The van der Waals surface area contributed by atoms with Gasteiger partial charge in [-0.25, -0.2) is 0 Å². The summed E-state index contributed by atoms with van der Waals surface area (Å²) in [5.74, 6) is 1.67. The summed E-state index contributed by atoms with van der Waals surface area (Å²) in [6, 6.07) is 7.85. The smallest absolute Gasteiger partial charge is 0.177 e. The first-order chi connectivity index (χ1) is 8.08. The Morgan fingerprint density at radius 3 is 2.41 bits per heavy atom. The van der Waals surface area contributed by atoms with Gasteiger partial charge in [0.1, 0.15) is 0 Å². The zero-order valence-electron chi connectivity index (χ0n) is 10.9. The minimum atomic E-state index is 0.254. The van der Waals surface area contributed by atoms with E-state index in [9.17, 15) is 4.79 Å². The van der Waals surface area contributed by atoms with E-state index in [0.717, 1.165) is 24.2 Å². The molecule has 0 aliphatic carbocycles. The quantitative estimate of drug-likeness (QED) is 0.746. The Labute approximate surface area is 104 Å². The number of hydrogen-bond donors (Lipinski definition) is 0. The molecule has 0 spiro atoms. The average Bonchev–Trinajstić information content (AvgIpc) is 2.58. The molecule has 1 aliphatic heterocycles. The van der Waals surface area contributed by atoms with Crippen LogP contribution in [0.2, 0.25) is 0 Å². The first kappa shape index (κ1) is 12.3. The van der Waals surface area contributed by atoms with Crippen molar-refractivity contribution in [3.8, 4) is 0 Å². The van der Waals surface area contributed by atoms with Crippen molar-refractivity contribution < 1.29 is 4.79 Å². The van der Waals surface area contributed by atoms with Crippen molar-refractivity contribution >= 4 is 5.78 Å². The van der Waals surface area contributed by atoms with Crippen molar-refractivity contribution in [2.24, 2.45) is 11.8 Å². The molecule has 1 heterocycles. The molecule has 2 unspecified atom stereocenters. The van der Waals surface area contributed by atoms with E-state index in [1.54, 1.807) is 0 Å². The summed E-state index contributed by atoms with van der Waals surface area (Å²) in [5.41, 5.74) is 1.96. The lowest BCUT2D eigenvalue weighted by molar-refractivity contribution is 0.0942. The predicted octanol–water partition coefficient (Wildman–Crippen LogP) is 2.77. The molecule has 1 aliphatic rings. The molecule has 0 bridgehead atoms. The molecular formula is C15H21NO. The van der Waals surface area contributed by atoms with E-state index in [1.165, 1.54) is 0 Å². The van der Waals surface area contributed by atoms with Crippen LogP contribution in [-0.2, 0) is 0 Å². The van der Waals surface area contributed by atoms with Gasteiger partial charge in [-0.15, -0.1) is 0 Å². The zero-order chi connectivity index (χ0) is 12.4. The third kappa shape index (κ3) is 2.75. The number of rotatable bonds is 3. The molecule has 2 rings (SSSR count). The second-order valence-electron chi connectivity index (χ2n) is 5.39. The van der Waals surface area contributed by atoms with Crippen LogP contribution in [-0.4, -0.2) is 30.3 Å². The van der Waals surface area contributed by atoms with Crippen molar-refractivity contribution in [3.63, 3.8) is 0 Å². The van der Waals surface area contributed by atoms with Crippen LogP contribution in [0.3, 0.4) is 0 Å². The van der Waals surface area contributed by atoms with E-state index < -0.39 is 0 Å². The highest BCUT2D eigenvalue weighted by atomic mass is 16.1. The second-order valence-corrected chi connectivity index (χ2v) is 5.39. The number of nitrogens with zero attached hydrogens (tertiary/aromatic N) is 1. The van der Waals surface area contributed by atoms with E-state index in [0.29, 0.717) is 18.4 Å². The summed E-state index contributed by atoms with van der Waals surface area (Å²) in [7, 11) is 0. The third-order valence-corrected chi connectivity index (χ3v) is 3.88. The molecule has 2 heteroatoms. The molecule has 0 N–H and O–H groups in total. The fourth-order valence-corrected chi connectivity index (χ4v) is 2.55. The molecule has 1 aromatic rings. The lowest BCUT2D eigenvalue weighted by Gasteiger charge is -2.15. The van der Waals surface area contributed by atoms with Crippen molar-refractivity contribution in [3.05, 3.63) is 35.4 Å². The van der Waals surface area contributed by atoms with Crippen LogP contribution in [0.5, 0.6) is 0 Å². The van der Waals surface area contributed by atoms with Crippen LogP contribution in [0.1, 0.15) is 29.8 Å². The van der Waals surface area contributed by atoms with Crippen molar-refractivity contribution in [1.29, 1.82) is 0 Å². The molecule has 1 saturated heterocycles. The van der Waals surface area contributed by atoms with Gasteiger partial charge in [-0.2, -0.15) is 0 Å². The van der Waals surface area contributed by atoms with Crippen LogP contribution in [0.4, 0.5) is 0 Å². The number of ketones is 1. The highest BCUT2D eigenvalue weighted by Gasteiger charge is 2.27. The summed E-state index contributed by atoms with van der Waals surface area (Å²) < 4.78 is 0. The van der Waals surface area contributed by atoms with Gasteiger partial charge >= 0.3 is 0 Å². The van der Waals surface area contributed by atoms with Gasteiger partial charge < -0.3 is 0 Å². The summed E-state index contributed by atoms with van der Waals surface area (Å²) in [4.78, 5) is 14.5. The standard InChI is InChI=1S/C15H21NO/c1-11-6-4-5-7-14(11)15(17)10-16-8-12(2)13(3)9-16/h4-7,12-13H,8-10H2,1-3H3. The molecule has 17 heavy (non-hydrogen) atoms. The Morgan fingerprint density at radius 1 is 1.24 bits per heavy atom. The van der Waals surface area contributed by atoms with E-state index >= 15 is 0 Å². The third-order valence-electron chi connectivity index (χ3n) is 3.88. The predicted molar refractivity (Wildman–Crippen MR) is 70.3 cm³/mol. The molecule has 0 amide bonds. The van der Waals surface area contributed by atoms with Gasteiger partial charge in [0.2, 0.25) is 0 Å². The highest BCUT2D eigenvalue weighted by molar-refractivity contribution is 5.98. The van der Waals surface area contributed by atoms with Gasteiger partial charge in [0.15, 0.2) is 5.78 Å². The second kappa shape index (κ2) is 5.01. The first-order valence-electron chi connectivity index (χ1n) is 6.39. The normalized spacial score (nSPS) is 25.1. The Balaban J connectivity index is 2.01. The summed E-state index contributed by atoms with van der Waals surface area (Å²) in [6.45, 7) is 9.21. The molecule has 0 saturated carbocycles. The number of carbonyl (C=O) groups excluding carboxylic acids is 1. The molecule has 1 aromatic carbocycles. The van der Waals surface area contributed by atoms with Crippen LogP contribution >= 0.6 is 0 Å². The SMILES string of the molecule is Cc1ccccc1C(=O)CN1CC(C)C(C)C1. The van der Waals surface area contributed by atoms with Crippen molar-refractivity contribution in [2.75, 3.05) is 19.6 Å². The molecule has 0 radical (unpaired) electrons. The number of carbonyl (C=O) groups is 1. The minimum Gasteiger partial charge on any atom is -0.295 e. The van der Waals surface area contributed by atoms with Gasteiger partial charge in [-0.1, -0.05) is 38.1 Å². The topological polar surface area (TPSA) is 20.3 Å². The lowest BCUT2D eigenvalue weighted by atomic mass is 10.0. The molecular weight excluding hydrogens is 210 g/mol. The fourth-order valence-electron chi connectivity index (χ4n) is 2.55. The molecule has 2 atom stereocenters. The Bertz CT molecular complexity index is 403. The number of benzene rings is 1. The number of likely N-dealkylation sites (tertiary alicyclic amines) is 1. The Hall–Kier alpha value is -1.15. The van der Waals surface area contributed by atoms with E-state index in [1.807, 2.05) is 31.2 Å². The van der Waals surface area contributed by atoms with Crippen LogP contribution in [0.25, 0.3) is 0 Å². The van der Waals surface area contributed by atoms with Crippen LogP contribution < -0.4 is 0 Å². The van der Waals surface area contributed by atoms with Crippen molar-refractivity contribution in [1.82, 2.24) is 4.90 Å². The van der Waals surface area contributed by atoms with E-state index in [-0.39, 0.29) is 5.78 Å². The average molecular weight is 231 g/mol. The highest BCUT2D eigenvalue weighted by Crippen LogP contribution is 2.22. The maximum absolute atomic E-state index is 12.2. The first-order valence-corrected chi connectivity index (χ1v) is 6.39. The number of hydrogen-bond acceptors (Lipinski definition) is 2. The molecule has 1 fully saturated rings. The minimum absolute atomic E-state index is 0.254. The largest absolute Gasteiger partial charge is 0.295 e. The summed E-state index contributed by atoms with van der Waals surface area (Å²) in [6.07, 6.45) is 0. The van der Waals surface area contributed by atoms with Gasteiger partial charge in [-0.3, -0.25) is 9.69 Å². The van der Waals surface area contributed by atoms with Gasteiger partial charge in [0.25, 0.3) is 0 Å². The van der Waals surface area contributed by atoms with E-state index in [4.69, 9.17) is 0 Å². The Morgan fingerprint density at radius 2 is 1.82 bits per heavy atom. The van der Waals surface area contributed by atoms with E-state index in [2.05, 4.69) is 18.7 Å².